The third-order valence-corrected chi connectivity index (χ3v) is 2.47. The van der Waals surface area contributed by atoms with Crippen LogP contribution in [0.25, 0.3) is 0 Å². The quantitative estimate of drug-likeness (QED) is 0.808. The minimum Gasteiger partial charge on any atom is -0.475 e. The van der Waals surface area contributed by atoms with Crippen LogP contribution < -0.4 is 10.6 Å². The van der Waals surface area contributed by atoms with Crippen LogP contribution in [0.5, 0.6) is 0 Å². The van der Waals surface area contributed by atoms with Crippen molar-refractivity contribution in [2.24, 2.45) is 0 Å². The summed E-state index contributed by atoms with van der Waals surface area (Å²) in [4.78, 5) is 22.1. The Labute approximate surface area is 117 Å². The van der Waals surface area contributed by atoms with Gasteiger partial charge in [0, 0.05) is 11.8 Å². The Kier molecular flexibility index (Phi) is 4.17. The molecule has 0 atom stereocenters. The van der Waals surface area contributed by atoms with Crippen molar-refractivity contribution in [2.45, 2.75) is 6.54 Å². The number of hydrogen-bond donors (Lipinski definition) is 3. The zero-order valence-corrected chi connectivity index (χ0v) is 10.5. The van der Waals surface area contributed by atoms with E-state index in [-0.39, 0.29) is 23.8 Å². The highest BCUT2D eigenvalue weighted by atomic mass is 19.2. The lowest BCUT2D eigenvalue weighted by molar-refractivity contribution is 0.0660. The molecule has 1 aromatic heterocycles. The molecule has 1 heterocycles. The number of halogens is 2. The predicted molar refractivity (Wildman–Crippen MR) is 67.9 cm³/mol. The molecule has 0 radical (unpaired) electrons. The Hall–Kier alpha value is -2.90. The fourth-order valence-electron chi connectivity index (χ4n) is 1.50. The third-order valence-electron chi connectivity index (χ3n) is 2.47. The molecule has 2 rings (SSSR count). The monoisotopic (exact) mass is 296 g/mol. The maximum atomic E-state index is 12.9. The average Bonchev–Trinajstić information content (AvgIpc) is 2.90. The van der Waals surface area contributed by atoms with Gasteiger partial charge in [0.1, 0.15) is 5.76 Å². The van der Waals surface area contributed by atoms with Crippen LogP contribution in [0, 0.1) is 11.6 Å². The van der Waals surface area contributed by atoms with Crippen molar-refractivity contribution in [1.82, 2.24) is 5.32 Å². The van der Waals surface area contributed by atoms with Gasteiger partial charge < -0.3 is 20.2 Å². The molecule has 21 heavy (non-hydrogen) atoms. The molecule has 6 nitrogen and oxygen atoms in total. The Bertz CT molecular complexity index is 685. The third kappa shape index (κ3) is 3.78. The van der Waals surface area contributed by atoms with Crippen LogP contribution in [-0.4, -0.2) is 17.1 Å². The molecule has 0 spiro atoms. The summed E-state index contributed by atoms with van der Waals surface area (Å²) >= 11 is 0. The van der Waals surface area contributed by atoms with E-state index < -0.39 is 23.6 Å². The number of carbonyl (C=O) groups excluding carboxylic acids is 1. The fraction of sp³-hybridized carbons (Fsp3) is 0.0769. The van der Waals surface area contributed by atoms with Crippen molar-refractivity contribution in [1.29, 1.82) is 0 Å². The number of furan rings is 1. The minimum atomic E-state index is -1.22. The Morgan fingerprint density at radius 3 is 2.52 bits per heavy atom. The van der Waals surface area contributed by atoms with Gasteiger partial charge in [-0.05, 0) is 24.3 Å². The topological polar surface area (TPSA) is 91.6 Å². The van der Waals surface area contributed by atoms with Gasteiger partial charge in [0.2, 0.25) is 5.76 Å². The SMILES string of the molecule is O=C(NCc1ccc(C(=O)O)o1)Nc1ccc(F)c(F)c1. The summed E-state index contributed by atoms with van der Waals surface area (Å²) in [6.45, 7) is -0.0528. The maximum absolute atomic E-state index is 12.9. The molecule has 8 heteroatoms. The minimum absolute atomic E-state index is 0.0528. The number of hydrogen-bond acceptors (Lipinski definition) is 3. The second kappa shape index (κ2) is 6.04. The van der Waals surface area contributed by atoms with Crippen LogP contribution in [0.15, 0.2) is 34.7 Å². The lowest BCUT2D eigenvalue weighted by Crippen LogP contribution is -2.28. The second-order valence-electron chi connectivity index (χ2n) is 4.01. The molecule has 3 N–H and O–H groups in total. The summed E-state index contributed by atoms with van der Waals surface area (Å²) in [7, 11) is 0. The van der Waals surface area contributed by atoms with E-state index >= 15 is 0 Å². The van der Waals surface area contributed by atoms with Crippen molar-refractivity contribution in [2.75, 3.05) is 5.32 Å². The largest absolute Gasteiger partial charge is 0.475 e. The summed E-state index contributed by atoms with van der Waals surface area (Å²) in [5.74, 6) is -3.31. The predicted octanol–water partition coefficient (Wildman–Crippen LogP) is 2.58. The zero-order valence-electron chi connectivity index (χ0n) is 10.5. The van der Waals surface area contributed by atoms with Crippen LogP contribution in [0.2, 0.25) is 0 Å². The Morgan fingerprint density at radius 1 is 1.14 bits per heavy atom. The molecule has 0 unspecified atom stereocenters. The lowest BCUT2D eigenvalue weighted by Gasteiger charge is -2.06. The van der Waals surface area contributed by atoms with E-state index in [1.807, 2.05) is 0 Å². The number of carboxylic acid groups (broad SMARTS) is 1. The summed E-state index contributed by atoms with van der Waals surface area (Å²) in [5, 5.41) is 13.3. The number of amides is 2. The van der Waals surface area contributed by atoms with Crippen molar-refractivity contribution in [3.63, 3.8) is 0 Å². The van der Waals surface area contributed by atoms with Crippen molar-refractivity contribution in [3.8, 4) is 0 Å². The molecule has 110 valence electrons. The number of anilines is 1. The molecule has 0 aliphatic carbocycles. The fourth-order valence-corrected chi connectivity index (χ4v) is 1.50. The molecule has 1 aromatic carbocycles. The maximum Gasteiger partial charge on any atom is 0.371 e. The molecule has 0 bridgehead atoms. The van der Waals surface area contributed by atoms with Gasteiger partial charge in [-0.2, -0.15) is 0 Å². The van der Waals surface area contributed by atoms with Crippen LogP contribution in [0.4, 0.5) is 19.3 Å². The van der Waals surface area contributed by atoms with Gasteiger partial charge in [0.15, 0.2) is 11.6 Å². The number of nitrogens with one attached hydrogen (secondary N) is 2. The zero-order chi connectivity index (χ0) is 15.4. The first kappa shape index (κ1) is 14.5. The van der Waals surface area contributed by atoms with Crippen molar-refractivity contribution >= 4 is 17.7 Å². The highest BCUT2D eigenvalue weighted by Gasteiger charge is 2.10. The molecular formula is C13H10F2N2O4. The van der Waals surface area contributed by atoms with Crippen LogP contribution in [0.1, 0.15) is 16.3 Å². The molecule has 0 saturated carbocycles. The molecule has 2 aromatic rings. The highest BCUT2D eigenvalue weighted by molar-refractivity contribution is 5.89. The van der Waals surface area contributed by atoms with Gasteiger partial charge >= 0.3 is 12.0 Å². The summed E-state index contributed by atoms with van der Waals surface area (Å²) in [6, 6.07) is 4.91. The van der Waals surface area contributed by atoms with E-state index in [1.54, 1.807) is 0 Å². The van der Waals surface area contributed by atoms with Gasteiger partial charge in [-0.15, -0.1) is 0 Å². The Morgan fingerprint density at radius 2 is 1.90 bits per heavy atom. The van der Waals surface area contributed by atoms with Gasteiger partial charge in [-0.3, -0.25) is 0 Å². The van der Waals surface area contributed by atoms with E-state index in [4.69, 9.17) is 9.52 Å². The molecule has 0 aliphatic heterocycles. The first-order valence-electron chi connectivity index (χ1n) is 5.77. The average molecular weight is 296 g/mol. The highest BCUT2D eigenvalue weighted by Crippen LogP contribution is 2.13. The normalized spacial score (nSPS) is 10.2. The van der Waals surface area contributed by atoms with E-state index in [2.05, 4.69) is 10.6 Å². The number of urea groups is 1. The number of carbonyl (C=O) groups is 2. The first-order chi connectivity index (χ1) is 9.95. The number of rotatable bonds is 4. The standard InChI is InChI=1S/C13H10F2N2O4/c14-9-3-1-7(5-10(9)15)17-13(20)16-6-8-2-4-11(21-8)12(18)19/h1-5H,6H2,(H,18,19)(H2,16,17,20). The smallest absolute Gasteiger partial charge is 0.371 e. The summed E-state index contributed by atoms with van der Waals surface area (Å²) in [6.07, 6.45) is 0. The van der Waals surface area contributed by atoms with Crippen LogP contribution >= 0.6 is 0 Å². The Balaban J connectivity index is 1.89. The van der Waals surface area contributed by atoms with E-state index in [0.717, 1.165) is 12.1 Å². The van der Waals surface area contributed by atoms with Crippen LogP contribution in [-0.2, 0) is 6.54 Å². The molecule has 0 aliphatic rings. The van der Waals surface area contributed by atoms with Gasteiger partial charge in [-0.1, -0.05) is 0 Å². The molecular weight excluding hydrogens is 286 g/mol. The van der Waals surface area contributed by atoms with Crippen molar-refractivity contribution < 1.29 is 27.9 Å². The van der Waals surface area contributed by atoms with Gasteiger partial charge in [0.05, 0.1) is 6.54 Å². The second-order valence-corrected chi connectivity index (χ2v) is 4.01. The van der Waals surface area contributed by atoms with Gasteiger partial charge in [-0.25, -0.2) is 18.4 Å². The summed E-state index contributed by atoms with van der Waals surface area (Å²) in [5.41, 5.74) is 0.0806. The molecule has 0 saturated heterocycles. The molecule has 2 amide bonds. The number of carboxylic acids is 1. The lowest BCUT2D eigenvalue weighted by atomic mass is 10.3. The number of benzene rings is 1. The summed E-state index contributed by atoms with van der Waals surface area (Å²) < 4.78 is 30.6. The van der Waals surface area contributed by atoms with E-state index in [9.17, 15) is 18.4 Å². The van der Waals surface area contributed by atoms with Gasteiger partial charge in [0.25, 0.3) is 0 Å². The van der Waals surface area contributed by atoms with Crippen molar-refractivity contribution in [3.05, 3.63) is 53.5 Å². The number of aromatic carboxylic acids is 1. The first-order valence-corrected chi connectivity index (χ1v) is 5.77. The van der Waals surface area contributed by atoms with E-state index in [0.29, 0.717) is 0 Å². The van der Waals surface area contributed by atoms with Crippen LogP contribution in [0.3, 0.4) is 0 Å². The van der Waals surface area contributed by atoms with E-state index in [1.165, 1.54) is 18.2 Å². The molecule has 0 fully saturated rings.